The number of methoxy groups -OCH3 is 1. The Hall–Kier alpha value is -0.0800. The van der Waals surface area contributed by atoms with Gasteiger partial charge >= 0.3 is 0 Å². The Morgan fingerprint density at radius 2 is 1.83 bits per heavy atom. The van der Waals surface area contributed by atoms with Crippen molar-refractivity contribution in [3.05, 3.63) is 0 Å². The number of rotatable bonds is 2. The molecule has 0 saturated heterocycles. The fourth-order valence-electron chi connectivity index (χ4n) is 7.79. The predicted molar refractivity (Wildman–Crippen MR) is 93.1 cm³/mol. The highest BCUT2D eigenvalue weighted by Crippen LogP contribution is 2.66. The molecule has 0 aromatic carbocycles. The van der Waals surface area contributed by atoms with E-state index in [-0.39, 0.29) is 11.5 Å². The van der Waals surface area contributed by atoms with Crippen LogP contribution in [0.4, 0.5) is 0 Å². The fraction of sp³-hybridized carbons (Fsp3) is 1.00. The van der Waals surface area contributed by atoms with Crippen LogP contribution < -0.4 is 0 Å². The van der Waals surface area contributed by atoms with Gasteiger partial charge in [-0.25, -0.2) is 0 Å². The molecule has 4 aliphatic carbocycles. The normalized spacial score (nSPS) is 55.8. The van der Waals surface area contributed by atoms with Gasteiger partial charge in [0.15, 0.2) is 0 Å². The molecule has 23 heavy (non-hydrogen) atoms. The lowest BCUT2D eigenvalue weighted by atomic mass is 9.44. The van der Waals surface area contributed by atoms with Crippen molar-refractivity contribution in [1.29, 1.82) is 0 Å². The Kier molecular flexibility index (Phi) is 4.08. The maximum absolute atomic E-state index is 10.6. The summed E-state index contributed by atoms with van der Waals surface area (Å²) in [6, 6.07) is 0. The second-order valence-corrected chi connectivity index (χ2v) is 9.83. The average molecular weight is 321 g/mol. The van der Waals surface area contributed by atoms with E-state index in [1.165, 1.54) is 51.4 Å². The van der Waals surface area contributed by atoms with Crippen molar-refractivity contribution in [1.82, 2.24) is 0 Å². The lowest BCUT2D eigenvalue weighted by molar-refractivity contribution is -0.155. The second-order valence-electron chi connectivity index (χ2n) is 9.83. The molecule has 0 radical (unpaired) electrons. The minimum Gasteiger partial charge on any atom is -0.393 e. The van der Waals surface area contributed by atoms with Gasteiger partial charge in [-0.1, -0.05) is 20.3 Å². The van der Waals surface area contributed by atoms with E-state index in [9.17, 15) is 5.11 Å². The zero-order valence-electron chi connectivity index (χ0n) is 15.4. The summed E-state index contributed by atoms with van der Waals surface area (Å²) in [6.45, 7) is 5.83. The van der Waals surface area contributed by atoms with Gasteiger partial charge in [0.1, 0.15) is 0 Å². The van der Waals surface area contributed by atoms with Crippen molar-refractivity contribution in [3.63, 3.8) is 0 Å². The monoisotopic (exact) mass is 320 g/mol. The number of hydrogen-bond acceptors (Lipinski definition) is 2. The minimum atomic E-state index is -0.0454. The Labute approximate surface area is 142 Å². The molecule has 8 atom stereocenters. The van der Waals surface area contributed by atoms with E-state index in [2.05, 4.69) is 13.8 Å². The molecule has 4 rings (SSSR count). The van der Waals surface area contributed by atoms with Crippen molar-refractivity contribution in [3.8, 4) is 0 Å². The average Bonchev–Trinajstić information content (AvgIpc) is 2.84. The zero-order valence-corrected chi connectivity index (χ0v) is 15.4. The van der Waals surface area contributed by atoms with Crippen LogP contribution in [-0.2, 0) is 4.74 Å². The number of aliphatic hydroxyl groups is 1. The standard InChI is InChI=1S/C21H36O2/c1-14-8-11-21(13-23-3)15(12-14)4-5-16-17-6-7-19(22)20(17,2)10-9-18(16)21/h14-19,22H,4-13H2,1-3H3. The van der Waals surface area contributed by atoms with Crippen molar-refractivity contribution < 1.29 is 9.84 Å². The van der Waals surface area contributed by atoms with Gasteiger partial charge < -0.3 is 9.84 Å². The van der Waals surface area contributed by atoms with Gasteiger partial charge in [-0.05, 0) is 91.8 Å². The SMILES string of the molecule is COCC12CCC(C)CC1CCC1C3CCC(O)C3(C)CCC12. The highest BCUT2D eigenvalue weighted by Gasteiger charge is 2.61. The molecule has 4 fully saturated rings. The maximum atomic E-state index is 10.6. The van der Waals surface area contributed by atoms with Gasteiger partial charge in [-0.15, -0.1) is 0 Å². The smallest absolute Gasteiger partial charge is 0.0596 e. The van der Waals surface area contributed by atoms with Crippen LogP contribution in [0.25, 0.3) is 0 Å². The molecule has 0 heterocycles. The maximum Gasteiger partial charge on any atom is 0.0596 e. The number of fused-ring (bicyclic) bond motifs is 5. The summed E-state index contributed by atoms with van der Waals surface area (Å²) < 4.78 is 5.83. The number of aliphatic hydroxyl groups excluding tert-OH is 1. The van der Waals surface area contributed by atoms with Crippen molar-refractivity contribution in [2.45, 2.75) is 77.7 Å². The van der Waals surface area contributed by atoms with E-state index in [4.69, 9.17) is 4.74 Å². The third kappa shape index (κ3) is 2.27. The fourth-order valence-corrected chi connectivity index (χ4v) is 7.79. The van der Waals surface area contributed by atoms with E-state index in [1.807, 2.05) is 7.11 Å². The Balaban J connectivity index is 1.65. The molecular weight excluding hydrogens is 284 g/mol. The third-order valence-corrected chi connectivity index (χ3v) is 8.99. The minimum absolute atomic E-state index is 0.0454. The molecule has 0 aromatic rings. The summed E-state index contributed by atoms with van der Waals surface area (Å²) in [4.78, 5) is 0. The molecule has 132 valence electrons. The topological polar surface area (TPSA) is 29.5 Å². The third-order valence-electron chi connectivity index (χ3n) is 8.99. The van der Waals surface area contributed by atoms with E-state index in [0.29, 0.717) is 5.41 Å². The molecule has 1 N–H and O–H groups in total. The first-order chi connectivity index (χ1) is 11.0. The van der Waals surface area contributed by atoms with Crippen molar-refractivity contribution >= 4 is 0 Å². The van der Waals surface area contributed by atoms with Gasteiger partial charge in [0.2, 0.25) is 0 Å². The van der Waals surface area contributed by atoms with Crippen LogP contribution in [0.5, 0.6) is 0 Å². The Morgan fingerprint density at radius 3 is 2.61 bits per heavy atom. The van der Waals surface area contributed by atoms with Crippen molar-refractivity contribution in [2.24, 2.45) is 40.4 Å². The van der Waals surface area contributed by atoms with Crippen LogP contribution in [0.1, 0.15) is 71.6 Å². The molecule has 0 aromatic heterocycles. The summed E-state index contributed by atoms with van der Waals surface area (Å²) in [7, 11) is 1.92. The summed E-state index contributed by atoms with van der Waals surface area (Å²) in [5, 5.41) is 10.6. The number of hydrogen-bond donors (Lipinski definition) is 1. The first-order valence-electron chi connectivity index (χ1n) is 10.2. The molecule has 0 aliphatic heterocycles. The lowest BCUT2D eigenvalue weighted by Crippen LogP contribution is -2.56. The van der Waals surface area contributed by atoms with Crippen LogP contribution in [-0.4, -0.2) is 24.9 Å². The largest absolute Gasteiger partial charge is 0.393 e. The van der Waals surface area contributed by atoms with Gasteiger partial charge in [-0.3, -0.25) is 0 Å². The lowest BCUT2D eigenvalue weighted by Gasteiger charge is -2.61. The quantitative estimate of drug-likeness (QED) is 0.802. The van der Waals surface area contributed by atoms with Crippen LogP contribution in [0.15, 0.2) is 0 Å². The molecular formula is C21H36O2. The summed E-state index contributed by atoms with van der Waals surface area (Å²) in [5.74, 6) is 4.28. The van der Waals surface area contributed by atoms with Gasteiger partial charge in [0.05, 0.1) is 12.7 Å². The van der Waals surface area contributed by atoms with E-state index in [0.717, 1.165) is 42.6 Å². The van der Waals surface area contributed by atoms with Gasteiger partial charge in [0, 0.05) is 7.11 Å². The molecule has 2 nitrogen and oxygen atoms in total. The van der Waals surface area contributed by atoms with E-state index >= 15 is 0 Å². The Bertz CT molecular complexity index is 449. The van der Waals surface area contributed by atoms with Crippen LogP contribution in [0.3, 0.4) is 0 Å². The molecule has 2 heteroatoms. The van der Waals surface area contributed by atoms with Gasteiger partial charge in [0.25, 0.3) is 0 Å². The zero-order chi connectivity index (χ0) is 16.2. The van der Waals surface area contributed by atoms with Crippen molar-refractivity contribution in [2.75, 3.05) is 13.7 Å². The molecule has 8 unspecified atom stereocenters. The summed E-state index contributed by atoms with van der Waals surface area (Å²) in [5.41, 5.74) is 0.670. The Morgan fingerprint density at radius 1 is 1.00 bits per heavy atom. The molecule has 4 aliphatic rings. The molecule has 0 bridgehead atoms. The summed E-state index contributed by atoms with van der Waals surface area (Å²) >= 11 is 0. The number of ether oxygens (including phenoxy) is 1. The van der Waals surface area contributed by atoms with E-state index in [1.54, 1.807) is 0 Å². The predicted octanol–water partition coefficient (Wildman–Crippen LogP) is 4.65. The van der Waals surface area contributed by atoms with Gasteiger partial charge in [-0.2, -0.15) is 0 Å². The van der Waals surface area contributed by atoms with Crippen LogP contribution in [0.2, 0.25) is 0 Å². The first kappa shape index (κ1) is 16.4. The first-order valence-corrected chi connectivity index (χ1v) is 10.2. The molecule has 0 spiro atoms. The second kappa shape index (κ2) is 5.73. The van der Waals surface area contributed by atoms with Crippen LogP contribution >= 0.6 is 0 Å². The highest BCUT2D eigenvalue weighted by molar-refractivity contribution is 5.10. The molecule has 4 saturated carbocycles. The van der Waals surface area contributed by atoms with Crippen LogP contribution in [0, 0.1) is 40.4 Å². The highest BCUT2D eigenvalue weighted by atomic mass is 16.5. The van der Waals surface area contributed by atoms with E-state index < -0.39 is 0 Å². The molecule has 0 amide bonds. The summed E-state index contributed by atoms with van der Waals surface area (Å²) in [6.07, 6.45) is 11.9.